The molecule has 2 rings (SSSR count). The number of aryl methyl sites for hydroxylation is 2. The van der Waals surface area contributed by atoms with Crippen LogP contribution in [0, 0.1) is 13.8 Å². The van der Waals surface area contributed by atoms with E-state index in [4.69, 9.17) is 9.84 Å². The highest BCUT2D eigenvalue weighted by Crippen LogP contribution is 2.24. The van der Waals surface area contributed by atoms with Crippen LogP contribution in [0.3, 0.4) is 0 Å². The van der Waals surface area contributed by atoms with E-state index in [0.717, 1.165) is 16.8 Å². The number of morpholine rings is 1. The van der Waals surface area contributed by atoms with Crippen LogP contribution in [0.2, 0.25) is 0 Å². The fourth-order valence-corrected chi connectivity index (χ4v) is 2.19. The first kappa shape index (κ1) is 13.1. The lowest BCUT2D eigenvalue weighted by Crippen LogP contribution is -2.47. The molecule has 1 amide bonds. The van der Waals surface area contributed by atoms with E-state index < -0.39 is 0 Å². The molecule has 1 saturated heterocycles. The van der Waals surface area contributed by atoms with Crippen molar-refractivity contribution in [3.63, 3.8) is 0 Å². The van der Waals surface area contributed by atoms with Gasteiger partial charge in [0, 0.05) is 12.3 Å². The van der Waals surface area contributed by atoms with Crippen LogP contribution < -0.4 is 4.90 Å². The third kappa shape index (κ3) is 2.71. The minimum absolute atomic E-state index is 0.0158. The van der Waals surface area contributed by atoms with Gasteiger partial charge in [-0.2, -0.15) is 0 Å². The van der Waals surface area contributed by atoms with Crippen molar-refractivity contribution in [3.05, 3.63) is 29.3 Å². The predicted molar refractivity (Wildman–Crippen MR) is 69.7 cm³/mol. The number of benzene rings is 1. The van der Waals surface area contributed by atoms with Crippen molar-refractivity contribution in [1.82, 2.24) is 0 Å². The molecule has 1 atom stereocenters. The number of carbonyl (C=O) groups is 1. The van der Waals surface area contributed by atoms with Gasteiger partial charge in [0.25, 0.3) is 5.91 Å². The Morgan fingerprint density at radius 1 is 1.44 bits per heavy atom. The van der Waals surface area contributed by atoms with Crippen molar-refractivity contribution in [3.8, 4) is 0 Å². The molecule has 1 N–H and O–H groups in total. The van der Waals surface area contributed by atoms with E-state index >= 15 is 0 Å². The molecule has 18 heavy (non-hydrogen) atoms. The second kappa shape index (κ2) is 5.50. The number of aliphatic hydroxyl groups is 1. The van der Waals surface area contributed by atoms with Crippen molar-refractivity contribution in [1.29, 1.82) is 0 Å². The maximum absolute atomic E-state index is 11.9. The summed E-state index contributed by atoms with van der Waals surface area (Å²) in [7, 11) is 0. The fraction of sp³-hybridized carbons (Fsp3) is 0.500. The maximum atomic E-state index is 11.9. The first-order chi connectivity index (χ1) is 8.61. The van der Waals surface area contributed by atoms with Gasteiger partial charge in [-0.05, 0) is 37.5 Å². The Morgan fingerprint density at radius 3 is 2.94 bits per heavy atom. The average molecular weight is 249 g/mol. The van der Waals surface area contributed by atoms with Gasteiger partial charge in [-0.3, -0.25) is 4.79 Å². The van der Waals surface area contributed by atoms with Crippen molar-refractivity contribution in [2.75, 3.05) is 24.7 Å². The van der Waals surface area contributed by atoms with E-state index in [1.807, 2.05) is 32.0 Å². The fourth-order valence-electron chi connectivity index (χ4n) is 2.19. The van der Waals surface area contributed by atoms with Crippen molar-refractivity contribution >= 4 is 11.6 Å². The monoisotopic (exact) mass is 249 g/mol. The summed E-state index contributed by atoms with van der Waals surface area (Å²) in [6, 6.07) is 6.08. The zero-order valence-corrected chi connectivity index (χ0v) is 10.8. The van der Waals surface area contributed by atoms with Gasteiger partial charge in [-0.1, -0.05) is 12.1 Å². The van der Waals surface area contributed by atoms with E-state index in [9.17, 15) is 4.79 Å². The molecule has 1 unspecified atom stereocenters. The SMILES string of the molecule is Cc1ccc(C)c(N2CC(CCO)OCC2=O)c1. The van der Waals surface area contributed by atoms with Crippen LogP contribution in [0.4, 0.5) is 5.69 Å². The minimum Gasteiger partial charge on any atom is -0.396 e. The summed E-state index contributed by atoms with van der Waals surface area (Å²) >= 11 is 0. The quantitative estimate of drug-likeness (QED) is 0.881. The summed E-state index contributed by atoms with van der Waals surface area (Å²) in [5.41, 5.74) is 3.17. The zero-order valence-electron chi connectivity index (χ0n) is 10.8. The van der Waals surface area contributed by atoms with Crippen molar-refractivity contribution < 1.29 is 14.6 Å². The Kier molecular flexibility index (Phi) is 3.99. The molecule has 1 aromatic carbocycles. The first-order valence-electron chi connectivity index (χ1n) is 6.22. The van der Waals surface area contributed by atoms with E-state index in [-0.39, 0.29) is 25.2 Å². The Bertz CT molecular complexity index is 445. The molecule has 0 aromatic heterocycles. The molecule has 1 fully saturated rings. The van der Waals surface area contributed by atoms with Crippen LogP contribution in [0.1, 0.15) is 17.5 Å². The van der Waals surface area contributed by atoms with Crippen LogP contribution in [0.25, 0.3) is 0 Å². The first-order valence-corrected chi connectivity index (χ1v) is 6.22. The minimum atomic E-state index is -0.0763. The topological polar surface area (TPSA) is 49.8 Å². The maximum Gasteiger partial charge on any atom is 0.253 e. The molecule has 1 aliphatic rings. The van der Waals surface area contributed by atoms with E-state index in [2.05, 4.69) is 0 Å². The molecule has 0 bridgehead atoms. The molecule has 0 spiro atoms. The summed E-state index contributed by atoms with van der Waals surface area (Å²) in [4.78, 5) is 13.7. The molecule has 4 heteroatoms. The molecule has 98 valence electrons. The number of hydrogen-bond donors (Lipinski definition) is 1. The molecule has 0 aliphatic carbocycles. The Labute approximate surface area is 107 Å². The van der Waals surface area contributed by atoms with Gasteiger partial charge in [0.1, 0.15) is 6.61 Å². The lowest BCUT2D eigenvalue weighted by Gasteiger charge is -2.33. The number of amides is 1. The van der Waals surface area contributed by atoms with Crippen LogP contribution in [0.5, 0.6) is 0 Å². The summed E-state index contributed by atoms with van der Waals surface area (Å²) < 4.78 is 5.40. The predicted octanol–water partition coefficient (Wildman–Crippen LogP) is 1.42. The number of nitrogens with zero attached hydrogens (tertiary/aromatic N) is 1. The second-order valence-electron chi connectivity index (χ2n) is 4.74. The Hall–Kier alpha value is -1.39. The Balaban J connectivity index is 2.24. The van der Waals surface area contributed by atoms with E-state index in [1.54, 1.807) is 4.90 Å². The van der Waals surface area contributed by atoms with Gasteiger partial charge >= 0.3 is 0 Å². The molecule has 0 saturated carbocycles. The smallest absolute Gasteiger partial charge is 0.253 e. The third-order valence-corrected chi connectivity index (χ3v) is 3.24. The lowest BCUT2D eigenvalue weighted by atomic mass is 10.1. The van der Waals surface area contributed by atoms with Gasteiger partial charge in [-0.25, -0.2) is 0 Å². The largest absolute Gasteiger partial charge is 0.396 e. The van der Waals surface area contributed by atoms with Crippen LogP contribution >= 0.6 is 0 Å². The summed E-state index contributed by atoms with van der Waals surface area (Å²) in [5.74, 6) is -0.0158. The molecule has 1 aliphatic heterocycles. The third-order valence-electron chi connectivity index (χ3n) is 3.24. The van der Waals surface area contributed by atoms with Gasteiger partial charge in [0.15, 0.2) is 0 Å². The van der Waals surface area contributed by atoms with E-state index in [1.165, 1.54) is 0 Å². The number of anilines is 1. The van der Waals surface area contributed by atoms with Crippen LogP contribution in [0.15, 0.2) is 18.2 Å². The normalized spacial score (nSPS) is 20.3. The Morgan fingerprint density at radius 2 is 2.22 bits per heavy atom. The number of rotatable bonds is 3. The van der Waals surface area contributed by atoms with Gasteiger partial charge in [0.05, 0.1) is 12.6 Å². The van der Waals surface area contributed by atoms with Crippen molar-refractivity contribution in [2.45, 2.75) is 26.4 Å². The highest BCUT2D eigenvalue weighted by Gasteiger charge is 2.27. The van der Waals surface area contributed by atoms with Crippen LogP contribution in [-0.4, -0.2) is 36.9 Å². The number of aliphatic hydroxyl groups excluding tert-OH is 1. The molecular formula is C14H19NO3. The molecular weight excluding hydrogens is 230 g/mol. The van der Waals surface area contributed by atoms with Gasteiger partial charge in [-0.15, -0.1) is 0 Å². The molecule has 1 aromatic rings. The highest BCUT2D eigenvalue weighted by atomic mass is 16.5. The van der Waals surface area contributed by atoms with Crippen molar-refractivity contribution in [2.24, 2.45) is 0 Å². The number of hydrogen-bond acceptors (Lipinski definition) is 3. The van der Waals surface area contributed by atoms with Gasteiger partial charge < -0.3 is 14.7 Å². The molecule has 0 radical (unpaired) electrons. The zero-order chi connectivity index (χ0) is 13.1. The van der Waals surface area contributed by atoms with E-state index in [0.29, 0.717) is 13.0 Å². The van der Waals surface area contributed by atoms with Crippen LogP contribution in [-0.2, 0) is 9.53 Å². The second-order valence-corrected chi connectivity index (χ2v) is 4.74. The summed E-state index contributed by atoms with van der Waals surface area (Å²) in [6.07, 6.45) is 0.488. The molecule has 4 nitrogen and oxygen atoms in total. The molecule has 1 heterocycles. The lowest BCUT2D eigenvalue weighted by molar-refractivity contribution is -0.129. The average Bonchev–Trinajstić information content (AvgIpc) is 2.35. The standard InChI is InChI=1S/C14H19NO3/c1-10-3-4-11(2)13(7-10)15-8-12(5-6-16)18-9-14(15)17/h3-4,7,12,16H,5-6,8-9H2,1-2H3. The highest BCUT2D eigenvalue weighted by molar-refractivity contribution is 5.95. The summed E-state index contributed by atoms with van der Waals surface area (Å²) in [6.45, 7) is 4.71. The number of ether oxygens (including phenoxy) is 1. The number of carbonyl (C=O) groups excluding carboxylic acids is 1. The van der Waals surface area contributed by atoms with Gasteiger partial charge in [0.2, 0.25) is 0 Å². The summed E-state index contributed by atoms with van der Waals surface area (Å²) in [5, 5.41) is 8.96.